The Labute approximate surface area is 186 Å². The van der Waals surface area contributed by atoms with Crippen LogP contribution in [0.1, 0.15) is 30.6 Å². The smallest absolute Gasteiger partial charge is 0.407 e. The first-order valence-corrected chi connectivity index (χ1v) is 10.7. The molecule has 1 aliphatic heterocycles. The molecular formula is C18H23ClN3O8S-. The third-order valence-electron chi connectivity index (χ3n) is 4.76. The molecule has 11 nitrogen and oxygen atoms in total. The van der Waals surface area contributed by atoms with Crippen LogP contribution in [-0.4, -0.2) is 78.8 Å². The molecule has 1 heterocycles. The molecule has 1 saturated heterocycles. The molecule has 1 aliphatic rings. The molecule has 31 heavy (non-hydrogen) atoms. The summed E-state index contributed by atoms with van der Waals surface area (Å²) in [6.07, 6.45) is -0.543. The van der Waals surface area contributed by atoms with Crippen molar-refractivity contribution in [2.24, 2.45) is 0 Å². The number of hydrogen-bond donors (Lipinski definition) is 4. The molecule has 0 radical (unpaired) electrons. The number of phenols is 2. The van der Waals surface area contributed by atoms with E-state index in [0.717, 1.165) is 6.07 Å². The van der Waals surface area contributed by atoms with E-state index < -0.39 is 45.9 Å². The number of halogens is 1. The number of nitrogens with one attached hydrogen (secondary N) is 2. The maximum absolute atomic E-state index is 12.1. The second-order valence-corrected chi connectivity index (χ2v) is 9.15. The van der Waals surface area contributed by atoms with Crippen molar-refractivity contribution in [3.05, 3.63) is 22.7 Å². The van der Waals surface area contributed by atoms with Crippen LogP contribution in [0.5, 0.6) is 11.5 Å². The molecule has 0 aliphatic carbocycles. The number of ether oxygens (including phenoxy) is 1. The van der Waals surface area contributed by atoms with E-state index in [1.165, 1.54) is 17.9 Å². The SMILES string of the molecule is C[C@@H]1CC(=O)N1C[C@](C)(COC(=O)NCCNC(=O)c1ccc(O)c(O)c1Cl)S(=O)[O-]. The number of alkyl carbamates (subject to hydrolysis) is 1. The van der Waals surface area contributed by atoms with Gasteiger partial charge in [0, 0.05) is 32.1 Å². The highest BCUT2D eigenvalue weighted by atomic mass is 35.5. The Morgan fingerprint density at radius 3 is 2.58 bits per heavy atom. The average molecular weight is 477 g/mol. The van der Waals surface area contributed by atoms with Gasteiger partial charge < -0.3 is 35.0 Å². The van der Waals surface area contributed by atoms with Crippen molar-refractivity contribution in [1.82, 2.24) is 15.5 Å². The minimum absolute atomic E-state index is 0.0174. The number of likely N-dealkylation sites (tertiary alicyclic amines) is 1. The summed E-state index contributed by atoms with van der Waals surface area (Å²) in [5.41, 5.74) is -0.0667. The Balaban J connectivity index is 1.77. The van der Waals surface area contributed by atoms with E-state index in [1.807, 2.05) is 0 Å². The maximum atomic E-state index is 12.1. The number of benzene rings is 1. The normalized spacial score (nSPS) is 18.5. The quantitative estimate of drug-likeness (QED) is 0.172. The summed E-state index contributed by atoms with van der Waals surface area (Å²) in [6, 6.07) is 2.26. The molecule has 172 valence electrons. The van der Waals surface area contributed by atoms with Gasteiger partial charge >= 0.3 is 6.09 Å². The van der Waals surface area contributed by atoms with Gasteiger partial charge in [-0.15, -0.1) is 0 Å². The number of phenolic OH excluding ortho intramolecular Hbond substituents is 2. The zero-order valence-corrected chi connectivity index (χ0v) is 18.4. The number of carbonyl (C=O) groups is 3. The molecule has 1 aromatic carbocycles. The highest BCUT2D eigenvalue weighted by molar-refractivity contribution is 7.80. The van der Waals surface area contributed by atoms with Gasteiger partial charge in [0.15, 0.2) is 11.5 Å². The standard InChI is InChI=1S/C18H24ClN3O8S/c1-10-7-13(24)22(10)8-18(2,31(28)29)9-30-17(27)21-6-5-20-16(26)11-3-4-12(23)15(25)14(11)19/h3-4,10,23,25H,5-9H2,1-2H3,(H,20,26)(H,21,27)(H,28,29)/p-1/t10-,18-/m1/s1. The molecule has 1 unspecified atom stereocenters. The van der Waals surface area contributed by atoms with E-state index in [2.05, 4.69) is 10.6 Å². The predicted octanol–water partition coefficient (Wildman–Crippen LogP) is 0.466. The number of carbonyl (C=O) groups excluding carboxylic acids is 3. The summed E-state index contributed by atoms with van der Waals surface area (Å²) in [5, 5.41) is 23.4. The average Bonchev–Trinajstić information content (AvgIpc) is 2.72. The lowest BCUT2D eigenvalue weighted by molar-refractivity contribution is -0.145. The Morgan fingerprint density at radius 1 is 1.35 bits per heavy atom. The van der Waals surface area contributed by atoms with Crippen LogP contribution in [0.15, 0.2) is 12.1 Å². The molecule has 3 amide bonds. The summed E-state index contributed by atoms with van der Waals surface area (Å²) in [5.74, 6) is -1.89. The van der Waals surface area contributed by atoms with E-state index in [4.69, 9.17) is 16.3 Å². The molecule has 0 spiro atoms. The zero-order chi connectivity index (χ0) is 23.3. The molecule has 1 fully saturated rings. The number of β-lactam (4-membered cyclic amide) rings is 1. The Hall–Kier alpha value is -2.57. The van der Waals surface area contributed by atoms with Crippen molar-refractivity contribution < 1.29 is 38.1 Å². The number of aromatic hydroxyl groups is 2. The topological polar surface area (TPSA) is 168 Å². The van der Waals surface area contributed by atoms with Gasteiger partial charge in [-0.2, -0.15) is 0 Å². The summed E-state index contributed by atoms with van der Waals surface area (Å²) < 4.78 is 26.8. The van der Waals surface area contributed by atoms with Crippen molar-refractivity contribution in [1.29, 1.82) is 0 Å². The summed E-state index contributed by atoms with van der Waals surface area (Å²) in [4.78, 5) is 36.9. The van der Waals surface area contributed by atoms with Gasteiger partial charge in [0.25, 0.3) is 5.91 Å². The Kier molecular flexibility index (Phi) is 8.09. The molecule has 4 N–H and O–H groups in total. The van der Waals surface area contributed by atoms with E-state index in [-0.39, 0.29) is 42.2 Å². The summed E-state index contributed by atoms with van der Waals surface area (Å²) in [6.45, 7) is 2.57. The fourth-order valence-corrected chi connectivity index (χ4v) is 3.44. The Bertz CT molecular complexity index is 899. The first kappa shape index (κ1) is 24.7. The fraction of sp³-hybridized carbons (Fsp3) is 0.500. The lowest BCUT2D eigenvalue weighted by atomic mass is 10.0. The van der Waals surface area contributed by atoms with Crippen LogP contribution in [-0.2, 0) is 20.6 Å². The van der Waals surface area contributed by atoms with Crippen LogP contribution in [0.4, 0.5) is 4.79 Å². The first-order valence-electron chi connectivity index (χ1n) is 9.24. The minimum Gasteiger partial charge on any atom is -0.772 e. The second-order valence-electron chi connectivity index (χ2n) is 7.31. The lowest BCUT2D eigenvalue weighted by Crippen LogP contribution is -2.58. The third-order valence-corrected chi connectivity index (χ3v) is 6.19. The van der Waals surface area contributed by atoms with Crippen molar-refractivity contribution in [3.63, 3.8) is 0 Å². The van der Waals surface area contributed by atoms with Gasteiger partial charge in [0.05, 0.1) is 15.3 Å². The Morgan fingerprint density at radius 2 is 2.00 bits per heavy atom. The van der Waals surface area contributed by atoms with Crippen LogP contribution in [0.2, 0.25) is 5.02 Å². The molecule has 3 atom stereocenters. The fourth-order valence-electron chi connectivity index (χ4n) is 2.80. The molecule has 2 rings (SSSR count). The maximum Gasteiger partial charge on any atom is 0.407 e. The van der Waals surface area contributed by atoms with Crippen LogP contribution in [0.3, 0.4) is 0 Å². The molecule has 0 aromatic heterocycles. The van der Waals surface area contributed by atoms with Crippen LogP contribution in [0, 0.1) is 0 Å². The molecule has 13 heteroatoms. The van der Waals surface area contributed by atoms with Crippen LogP contribution < -0.4 is 10.6 Å². The highest BCUT2D eigenvalue weighted by Crippen LogP contribution is 2.35. The summed E-state index contributed by atoms with van der Waals surface area (Å²) >= 11 is 3.20. The number of hydrogen-bond acceptors (Lipinski definition) is 8. The van der Waals surface area contributed by atoms with E-state index in [0.29, 0.717) is 6.42 Å². The van der Waals surface area contributed by atoms with Crippen molar-refractivity contribution in [2.45, 2.75) is 31.1 Å². The van der Waals surface area contributed by atoms with Gasteiger partial charge in [-0.3, -0.25) is 13.8 Å². The van der Waals surface area contributed by atoms with Crippen molar-refractivity contribution in [2.75, 3.05) is 26.2 Å². The predicted molar refractivity (Wildman–Crippen MR) is 110 cm³/mol. The largest absolute Gasteiger partial charge is 0.772 e. The van der Waals surface area contributed by atoms with Gasteiger partial charge in [0.1, 0.15) is 6.61 Å². The zero-order valence-electron chi connectivity index (χ0n) is 16.8. The molecule has 0 bridgehead atoms. The monoisotopic (exact) mass is 476 g/mol. The van der Waals surface area contributed by atoms with Gasteiger partial charge in [-0.1, -0.05) is 11.6 Å². The summed E-state index contributed by atoms with van der Waals surface area (Å²) in [7, 11) is 0. The van der Waals surface area contributed by atoms with E-state index in [1.54, 1.807) is 6.92 Å². The van der Waals surface area contributed by atoms with Crippen LogP contribution in [0.25, 0.3) is 0 Å². The van der Waals surface area contributed by atoms with E-state index in [9.17, 15) is 33.4 Å². The molecule has 0 saturated carbocycles. The lowest BCUT2D eigenvalue weighted by Gasteiger charge is -2.44. The number of amides is 3. The number of nitrogens with zero attached hydrogens (tertiary/aromatic N) is 1. The van der Waals surface area contributed by atoms with Crippen molar-refractivity contribution in [3.8, 4) is 11.5 Å². The van der Waals surface area contributed by atoms with Gasteiger partial charge in [0.2, 0.25) is 5.91 Å². The number of rotatable bonds is 9. The molecule has 1 aromatic rings. The van der Waals surface area contributed by atoms with Crippen molar-refractivity contribution >= 4 is 40.6 Å². The highest BCUT2D eigenvalue weighted by Gasteiger charge is 2.39. The third kappa shape index (κ3) is 5.99. The first-order chi connectivity index (χ1) is 14.5. The van der Waals surface area contributed by atoms with Gasteiger partial charge in [-0.25, -0.2) is 4.79 Å². The second kappa shape index (κ2) is 10.2. The van der Waals surface area contributed by atoms with Gasteiger partial charge in [-0.05, 0) is 37.1 Å². The van der Waals surface area contributed by atoms with Crippen LogP contribution >= 0.6 is 11.6 Å². The van der Waals surface area contributed by atoms with E-state index >= 15 is 0 Å². The minimum atomic E-state index is -2.60. The molecular weight excluding hydrogens is 454 g/mol.